The summed E-state index contributed by atoms with van der Waals surface area (Å²) in [6.07, 6.45) is 1.83. The third kappa shape index (κ3) is 4.87. The molecule has 0 spiro atoms. The Bertz CT molecular complexity index is 894. The lowest BCUT2D eigenvalue weighted by atomic mass is 10.1. The zero-order chi connectivity index (χ0) is 18.4. The van der Waals surface area contributed by atoms with Crippen LogP contribution in [0.1, 0.15) is 29.7 Å². The van der Waals surface area contributed by atoms with Crippen LogP contribution in [-0.4, -0.2) is 6.21 Å². The molecule has 0 aliphatic rings. The zero-order valence-corrected chi connectivity index (χ0v) is 15.9. The molecule has 0 N–H and O–H groups in total. The maximum Gasteiger partial charge on any atom is 0.120 e. The molecular formula is C22H19Cl2NO. The first-order chi connectivity index (χ1) is 12.6. The molecule has 0 aliphatic heterocycles. The summed E-state index contributed by atoms with van der Waals surface area (Å²) in [5.41, 5.74) is 3.02. The van der Waals surface area contributed by atoms with Crippen molar-refractivity contribution in [1.29, 1.82) is 0 Å². The first kappa shape index (κ1) is 18.5. The third-order valence-corrected chi connectivity index (χ3v) is 4.82. The van der Waals surface area contributed by atoms with Gasteiger partial charge in [-0.2, -0.15) is 0 Å². The predicted molar refractivity (Wildman–Crippen MR) is 110 cm³/mol. The van der Waals surface area contributed by atoms with E-state index < -0.39 is 0 Å². The number of hydrogen-bond donors (Lipinski definition) is 0. The third-order valence-electron chi connectivity index (χ3n) is 3.99. The topological polar surface area (TPSA) is 21.6 Å². The fourth-order valence-electron chi connectivity index (χ4n) is 2.55. The smallest absolute Gasteiger partial charge is 0.120 e. The fourth-order valence-corrected chi connectivity index (χ4v) is 3.01. The highest BCUT2D eigenvalue weighted by Crippen LogP contribution is 2.31. The van der Waals surface area contributed by atoms with Crippen molar-refractivity contribution < 1.29 is 4.74 Å². The van der Waals surface area contributed by atoms with Gasteiger partial charge in [0.15, 0.2) is 0 Å². The highest BCUT2D eigenvalue weighted by molar-refractivity contribution is 6.42. The van der Waals surface area contributed by atoms with E-state index in [2.05, 4.69) is 4.99 Å². The Hall–Kier alpha value is -2.29. The first-order valence-electron chi connectivity index (χ1n) is 8.37. The van der Waals surface area contributed by atoms with Crippen LogP contribution in [0.2, 0.25) is 10.0 Å². The minimum Gasteiger partial charge on any atom is -0.489 e. The molecule has 0 saturated heterocycles. The molecule has 3 aromatic carbocycles. The molecule has 4 heteroatoms. The second-order valence-corrected chi connectivity index (χ2v) is 6.73. The van der Waals surface area contributed by atoms with Crippen LogP contribution < -0.4 is 4.74 Å². The molecule has 0 fully saturated rings. The highest BCUT2D eigenvalue weighted by Gasteiger charge is 2.10. The molecule has 0 saturated carbocycles. The van der Waals surface area contributed by atoms with Gasteiger partial charge in [-0.1, -0.05) is 77.8 Å². The molecule has 3 aromatic rings. The Labute approximate surface area is 164 Å². The van der Waals surface area contributed by atoms with E-state index in [4.69, 9.17) is 27.9 Å². The summed E-state index contributed by atoms with van der Waals surface area (Å²) >= 11 is 12.3. The molecule has 26 heavy (non-hydrogen) atoms. The molecular weight excluding hydrogens is 365 g/mol. The van der Waals surface area contributed by atoms with Gasteiger partial charge in [-0.15, -0.1) is 0 Å². The van der Waals surface area contributed by atoms with Crippen LogP contribution in [0.3, 0.4) is 0 Å². The van der Waals surface area contributed by atoms with Crippen molar-refractivity contribution in [2.24, 2.45) is 4.99 Å². The number of benzene rings is 3. The Morgan fingerprint density at radius 3 is 2.54 bits per heavy atom. The van der Waals surface area contributed by atoms with E-state index in [9.17, 15) is 0 Å². The zero-order valence-electron chi connectivity index (χ0n) is 14.4. The minimum atomic E-state index is -0.0879. The monoisotopic (exact) mass is 383 g/mol. The average Bonchev–Trinajstić information content (AvgIpc) is 2.68. The lowest BCUT2D eigenvalue weighted by molar-refractivity contribution is 0.306. The van der Waals surface area contributed by atoms with E-state index in [0.717, 1.165) is 22.4 Å². The van der Waals surface area contributed by atoms with Crippen molar-refractivity contribution in [3.63, 3.8) is 0 Å². The van der Waals surface area contributed by atoms with Crippen molar-refractivity contribution >= 4 is 29.4 Å². The molecule has 0 aromatic heterocycles. The van der Waals surface area contributed by atoms with E-state index in [0.29, 0.717) is 16.7 Å². The van der Waals surface area contributed by atoms with Gasteiger partial charge in [0.2, 0.25) is 0 Å². The summed E-state index contributed by atoms with van der Waals surface area (Å²) in [6, 6.07) is 23.5. The van der Waals surface area contributed by atoms with Crippen LogP contribution in [-0.2, 0) is 6.61 Å². The van der Waals surface area contributed by atoms with Crippen LogP contribution in [0.25, 0.3) is 0 Å². The number of hydrogen-bond acceptors (Lipinski definition) is 2. The summed E-state index contributed by atoms with van der Waals surface area (Å²) in [5.74, 6) is 0.811. The normalized spacial score (nSPS) is 12.3. The fraction of sp³-hybridized carbons (Fsp3) is 0.136. The van der Waals surface area contributed by atoms with Gasteiger partial charge < -0.3 is 4.74 Å². The highest BCUT2D eigenvalue weighted by atomic mass is 35.5. The molecule has 0 heterocycles. The summed E-state index contributed by atoms with van der Waals surface area (Å²) in [7, 11) is 0. The minimum absolute atomic E-state index is 0.0879. The van der Waals surface area contributed by atoms with Gasteiger partial charge in [0.05, 0.1) is 16.1 Å². The van der Waals surface area contributed by atoms with Crippen LogP contribution in [0.15, 0.2) is 77.8 Å². The molecule has 3 rings (SSSR count). The molecule has 2 nitrogen and oxygen atoms in total. The van der Waals surface area contributed by atoms with Crippen molar-refractivity contribution in [1.82, 2.24) is 0 Å². The number of halogens is 2. The Morgan fingerprint density at radius 1 is 0.962 bits per heavy atom. The first-order valence-corrected chi connectivity index (χ1v) is 9.13. The lowest BCUT2D eigenvalue weighted by Gasteiger charge is -2.10. The van der Waals surface area contributed by atoms with Crippen LogP contribution in [0, 0.1) is 0 Å². The largest absolute Gasteiger partial charge is 0.489 e. The van der Waals surface area contributed by atoms with E-state index in [-0.39, 0.29) is 6.04 Å². The van der Waals surface area contributed by atoms with Gasteiger partial charge in [0, 0.05) is 6.21 Å². The number of aliphatic imine (C=N–C) groups is 1. The van der Waals surface area contributed by atoms with Gasteiger partial charge >= 0.3 is 0 Å². The van der Waals surface area contributed by atoms with Crippen molar-refractivity contribution in [3.05, 3.63) is 99.5 Å². The van der Waals surface area contributed by atoms with E-state index in [1.54, 1.807) is 6.07 Å². The molecule has 0 amide bonds. The molecule has 1 unspecified atom stereocenters. The van der Waals surface area contributed by atoms with E-state index in [1.165, 1.54) is 0 Å². The van der Waals surface area contributed by atoms with Crippen LogP contribution in [0.5, 0.6) is 5.75 Å². The summed E-state index contributed by atoms with van der Waals surface area (Å²) in [4.78, 5) is 4.60. The molecule has 0 aliphatic carbocycles. The van der Waals surface area contributed by atoms with Gasteiger partial charge in [0.25, 0.3) is 0 Å². The van der Waals surface area contributed by atoms with E-state index >= 15 is 0 Å². The molecule has 132 valence electrons. The predicted octanol–water partition coefficient (Wildman–Crippen LogP) is 6.75. The maximum absolute atomic E-state index is 6.27. The summed E-state index contributed by atoms with van der Waals surface area (Å²) in [6.45, 7) is 2.53. The summed E-state index contributed by atoms with van der Waals surface area (Å²) < 4.78 is 5.86. The quantitative estimate of drug-likeness (QED) is 0.431. The summed E-state index contributed by atoms with van der Waals surface area (Å²) in [5, 5.41) is 1.10. The Morgan fingerprint density at radius 2 is 1.73 bits per heavy atom. The van der Waals surface area contributed by atoms with Crippen molar-refractivity contribution in [2.45, 2.75) is 19.6 Å². The Balaban J connectivity index is 1.68. The molecule has 0 bridgehead atoms. The van der Waals surface area contributed by atoms with Crippen LogP contribution in [0.4, 0.5) is 0 Å². The second kappa shape index (κ2) is 8.88. The molecule has 1 atom stereocenters. The van der Waals surface area contributed by atoms with Crippen molar-refractivity contribution in [3.8, 4) is 5.75 Å². The number of rotatable bonds is 6. The lowest BCUT2D eigenvalue weighted by Crippen LogP contribution is -1.96. The van der Waals surface area contributed by atoms with Gasteiger partial charge in [0.1, 0.15) is 12.4 Å². The van der Waals surface area contributed by atoms with Gasteiger partial charge in [-0.25, -0.2) is 0 Å². The number of ether oxygens (including phenoxy) is 1. The maximum atomic E-state index is 6.27. The van der Waals surface area contributed by atoms with Crippen molar-refractivity contribution in [2.75, 3.05) is 0 Å². The average molecular weight is 384 g/mol. The number of nitrogens with zero attached hydrogens (tertiary/aromatic N) is 1. The van der Waals surface area contributed by atoms with Gasteiger partial charge in [-0.3, -0.25) is 4.99 Å². The standard InChI is InChI=1S/C22H19Cl2NO/c1-16(20-11-6-12-21(23)22(20)24)25-14-18-9-5-10-19(13-18)26-15-17-7-3-2-4-8-17/h2-14,16H,15H2,1H3/b25-14+. The molecule has 0 radical (unpaired) electrons. The van der Waals surface area contributed by atoms with Gasteiger partial charge in [-0.05, 0) is 41.8 Å². The van der Waals surface area contributed by atoms with Crippen LogP contribution >= 0.6 is 23.2 Å². The SMILES string of the molecule is CC(/N=C/c1cccc(OCc2ccccc2)c1)c1cccc(Cl)c1Cl. The second-order valence-electron chi connectivity index (χ2n) is 5.94. The van der Waals surface area contributed by atoms with E-state index in [1.807, 2.05) is 79.9 Å². The Kier molecular flexibility index (Phi) is 6.32.